The third kappa shape index (κ3) is 9.55. The number of nitriles is 1. The molecular weight excluding hydrogens is 99.5 g/mol. The van der Waals surface area contributed by atoms with Crippen LogP contribution in [0.15, 0.2) is 0 Å². The maximum Gasteiger partial charge on any atom is 0.178 e. The van der Waals surface area contributed by atoms with Crippen molar-refractivity contribution in [3.63, 3.8) is 0 Å². The Labute approximate surface area is 43.8 Å². The van der Waals surface area contributed by atoms with E-state index < -0.39 is 0 Å². The molecule has 0 radical (unpaired) electrons. The van der Waals surface area contributed by atoms with E-state index in [1.165, 1.54) is 4.90 Å². The Bertz CT molecular complexity index is 54.3. The predicted octanol–water partition coefficient (Wildman–Crippen LogP) is 0.451. The topological polar surface area (TPSA) is 27.0 Å². The van der Waals surface area contributed by atoms with E-state index >= 15 is 0 Å². The minimum atomic E-state index is 0. The van der Waals surface area contributed by atoms with Crippen LogP contribution in [0.2, 0.25) is 0 Å². The van der Waals surface area contributed by atoms with Gasteiger partial charge in [0.05, 0.1) is 0 Å². The van der Waals surface area contributed by atoms with Crippen molar-refractivity contribution >= 4 is 12.4 Å². The van der Waals surface area contributed by atoms with Crippen LogP contribution in [0.4, 0.5) is 0 Å². The quantitative estimate of drug-likeness (QED) is 0.331. The number of nitrogens with zero attached hydrogens (tertiary/aromatic N) is 2. The minimum absolute atomic E-state index is 0. The van der Waals surface area contributed by atoms with Gasteiger partial charge in [-0.25, -0.2) is 0 Å². The van der Waals surface area contributed by atoms with Crippen LogP contribution in [0.5, 0.6) is 0 Å². The van der Waals surface area contributed by atoms with Crippen LogP contribution in [0.3, 0.4) is 0 Å². The summed E-state index contributed by atoms with van der Waals surface area (Å²) in [6, 6.07) is 0. The van der Waals surface area contributed by atoms with Crippen molar-refractivity contribution in [1.82, 2.24) is 4.90 Å². The van der Waals surface area contributed by atoms with Crippen LogP contribution in [0.25, 0.3) is 0 Å². The maximum absolute atomic E-state index is 7.82. The van der Waals surface area contributed by atoms with Gasteiger partial charge in [0, 0.05) is 14.1 Å². The predicted molar refractivity (Wildman–Crippen MR) is 26.5 cm³/mol. The van der Waals surface area contributed by atoms with Crippen molar-refractivity contribution in [2.24, 2.45) is 0 Å². The molecule has 2 nitrogen and oxygen atoms in total. The molecule has 0 atom stereocenters. The first-order valence-electron chi connectivity index (χ1n) is 1.34. The second-order valence-corrected chi connectivity index (χ2v) is 0.994. The van der Waals surface area contributed by atoms with Gasteiger partial charge in [-0.15, -0.1) is 12.4 Å². The summed E-state index contributed by atoms with van der Waals surface area (Å²) >= 11 is 0. The molecule has 6 heavy (non-hydrogen) atoms. The molecule has 0 fully saturated rings. The average molecular weight is 107 g/mol. The fourth-order valence-corrected chi connectivity index (χ4v) is 0. The first kappa shape index (κ1) is 9.13. The van der Waals surface area contributed by atoms with E-state index in [0.29, 0.717) is 0 Å². The lowest BCUT2D eigenvalue weighted by Crippen LogP contribution is -1.99. The van der Waals surface area contributed by atoms with E-state index in [-0.39, 0.29) is 12.4 Å². The van der Waals surface area contributed by atoms with Gasteiger partial charge in [0.15, 0.2) is 6.19 Å². The molecule has 3 heteroatoms. The molecule has 0 unspecified atom stereocenters. The molecule has 0 bridgehead atoms. The lowest BCUT2D eigenvalue weighted by molar-refractivity contribution is 0.585. The molecule has 0 aliphatic rings. The van der Waals surface area contributed by atoms with Gasteiger partial charge in [-0.2, -0.15) is 5.26 Å². The van der Waals surface area contributed by atoms with Crippen molar-refractivity contribution in [3.8, 4) is 6.19 Å². The van der Waals surface area contributed by atoms with Crippen LogP contribution in [-0.2, 0) is 0 Å². The third-order valence-corrected chi connectivity index (χ3v) is 0.200. The Morgan fingerprint density at radius 2 is 1.67 bits per heavy atom. The summed E-state index contributed by atoms with van der Waals surface area (Å²) in [4.78, 5) is 1.43. The second kappa shape index (κ2) is 4.58. The highest BCUT2D eigenvalue weighted by atomic mass is 35.5. The van der Waals surface area contributed by atoms with Gasteiger partial charge in [0.25, 0.3) is 0 Å². The van der Waals surface area contributed by atoms with Gasteiger partial charge in [-0.1, -0.05) is 0 Å². The summed E-state index contributed by atoms with van der Waals surface area (Å²) in [5.74, 6) is 0. The molecule has 0 saturated heterocycles. The number of hydrogen-bond acceptors (Lipinski definition) is 2. The standard InChI is InChI=1S/C3H6N2.ClH/c1-5(2)3-4;/h1-2H3;1H. The summed E-state index contributed by atoms with van der Waals surface area (Å²) in [6.07, 6.45) is 1.86. The van der Waals surface area contributed by atoms with Crippen LogP contribution >= 0.6 is 12.4 Å². The fourth-order valence-electron chi connectivity index (χ4n) is 0. The highest BCUT2D eigenvalue weighted by Crippen LogP contribution is 1.56. The van der Waals surface area contributed by atoms with Gasteiger partial charge in [-0.3, -0.25) is 0 Å². The van der Waals surface area contributed by atoms with Gasteiger partial charge >= 0.3 is 0 Å². The largest absolute Gasteiger partial charge is 0.317 e. The molecule has 0 aromatic rings. The summed E-state index contributed by atoms with van der Waals surface area (Å²) in [6.45, 7) is 0. The molecule has 0 saturated carbocycles. The molecule has 36 valence electrons. The number of hydrogen-bond donors (Lipinski definition) is 0. The second-order valence-electron chi connectivity index (χ2n) is 0.994. The Morgan fingerprint density at radius 3 is 1.67 bits per heavy atom. The molecule has 0 N–H and O–H groups in total. The Morgan fingerprint density at radius 1 is 1.50 bits per heavy atom. The van der Waals surface area contributed by atoms with Crippen molar-refractivity contribution < 1.29 is 0 Å². The molecule has 0 spiro atoms. The normalized spacial score (nSPS) is 4.83. The zero-order valence-corrected chi connectivity index (χ0v) is 4.62. The van der Waals surface area contributed by atoms with Crippen LogP contribution in [0, 0.1) is 11.5 Å². The molecule has 0 aromatic heterocycles. The Balaban J connectivity index is 0. The van der Waals surface area contributed by atoms with E-state index in [1.54, 1.807) is 14.1 Å². The lowest BCUT2D eigenvalue weighted by Gasteiger charge is -1.89. The van der Waals surface area contributed by atoms with Crippen molar-refractivity contribution in [2.75, 3.05) is 14.1 Å². The number of halogens is 1. The van der Waals surface area contributed by atoms with Gasteiger partial charge in [0.2, 0.25) is 0 Å². The van der Waals surface area contributed by atoms with Gasteiger partial charge in [-0.05, 0) is 0 Å². The smallest absolute Gasteiger partial charge is 0.178 e. The van der Waals surface area contributed by atoms with E-state index in [1.807, 2.05) is 6.19 Å². The Hall–Kier alpha value is -0.420. The first-order chi connectivity index (χ1) is 2.27. The molecular formula is C3H7ClN2. The maximum atomic E-state index is 7.82. The van der Waals surface area contributed by atoms with Crippen molar-refractivity contribution in [3.05, 3.63) is 0 Å². The lowest BCUT2D eigenvalue weighted by atomic mass is 11.0. The molecule has 0 amide bonds. The van der Waals surface area contributed by atoms with E-state index in [4.69, 9.17) is 5.26 Å². The minimum Gasteiger partial charge on any atom is -0.317 e. The van der Waals surface area contributed by atoms with Crippen LogP contribution in [0.1, 0.15) is 0 Å². The monoisotopic (exact) mass is 106 g/mol. The molecule has 0 aliphatic carbocycles. The van der Waals surface area contributed by atoms with Gasteiger partial charge < -0.3 is 4.90 Å². The van der Waals surface area contributed by atoms with Crippen LogP contribution < -0.4 is 0 Å². The zero-order valence-electron chi connectivity index (χ0n) is 3.80. The number of rotatable bonds is 0. The summed E-state index contributed by atoms with van der Waals surface area (Å²) in [5.41, 5.74) is 0. The average Bonchev–Trinajstić information content (AvgIpc) is 1.38. The molecule has 0 aliphatic heterocycles. The van der Waals surface area contributed by atoms with E-state index in [0.717, 1.165) is 0 Å². The Kier molecular flexibility index (Phi) is 6.97. The van der Waals surface area contributed by atoms with Crippen molar-refractivity contribution in [2.45, 2.75) is 0 Å². The van der Waals surface area contributed by atoms with Crippen molar-refractivity contribution in [1.29, 1.82) is 5.26 Å². The fraction of sp³-hybridized carbons (Fsp3) is 0.667. The summed E-state index contributed by atoms with van der Waals surface area (Å²) in [7, 11) is 3.39. The van der Waals surface area contributed by atoms with Crippen LogP contribution in [-0.4, -0.2) is 19.0 Å². The van der Waals surface area contributed by atoms with E-state index in [9.17, 15) is 0 Å². The molecule has 0 heterocycles. The molecule has 0 aromatic carbocycles. The summed E-state index contributed by atoms with van der Waals surface area (Å²) in [5, 5.41) is 7.82. The van der Waals surface area contributed by atoms with Gasteiger partial charge in [0.1, 0.15) is 0 Å². The zero-order chi connectivity index (χ0) is 4.28. The van der Waals surface area contributed by atoms with E-state index in [2.05, 4.69) is 0 Å². The SMILES string of the molecule is CN(C)C#N.Cl. The summed E-state index contributed by atoms with van der Waals surface area (Å²) < 4.78 is 0. The highest BCUT2D eigenvalue weighted by molar-refractivity contribution is 5.85. The third-order valence-electron chi connectivity index (χ3n) is 0.200. The molecule has 0 rings (SSSR count). The first-order valence-corrected chi connectivity index (χ1v) is 1.34. The highest BCUT2D eigenvalue weighted by Gasteiger charge is 1.67.